The maximum Gasteiger partial charge on any atom is 0.243 e. The molecule has 1 saturated carbocycles. The number of benzene rings is 2. The Balaban J connectivity index is 2.00. The lowest BCUT2D eigenvalue weighted by molar-refractivity contribution is -0.120. The first-order valence-electron chi connectivity index (χ1n) is 8.24. The van der Waals surface area contributed by atoms with Crippen molar-refractivity contribution >= 4 is 22.4 Å². The summed E-state index contributed by atoms with van der Waals surface area (Å²) in [6, 6.07) is 14.3. The number of hydrogen-bond acceptors (Lipinski definition) is 2. The normalized spacial score (nSPS) is 17.4. The van der Waals surface area contributed by atoms with Gasteiger partial charge < -0.3 is 10.6 Å². The summed E-state index contributed by atoms with van der Waals surface area (Å²) in [5.74, 6) is 0.0298. The van der Waals surface area contributed by atoms with Gasteiger partial charge in [0, 0.05) is 11.7 Å². The van der Waals surface area contributed by atoms with E-state index in [-0.39, 0.29) is 11.9 Å². The number of anilines is 1. The van der Waals surface area contributed by atoms with Crippen LogP contribution in [0.5, 0.6) is 0 Å². The SMILES string of the molecule is C[C@@H](N)C(=O)N(c1ccc2ccccc2c1)C1CCCCC1. The molecule has 1 fully saturated rings. The molecule has 0 bridgehead atoms. The summed E-state index contributed by atoms with van der Waals surface area (Å²) in [4.78, 5) is 14.6. The number of carbonyl (C=O) groups excluding carboxylic acids is 1. The fourth-order valence-corrected chi connectivity index (χ4v) is 3.40. The van der Waals surface area contributed by atoms with Crippen molar-refractivity contribution in [2.45, 2.75) is 51.1 Å². The third kappa shape index (κ3) is 3.00. The second-order valence-electron chi connectivity index (χ2n) is 6.32. The van der Waals surface area contributed by atoms with Crippen molar-refractivity contribution in [1.82, 2.24) is 0 Å². The highest BCUT2D eigenvalue weighted by Gasteiger charge is 2.28. The summed E-state index contributed by atoms with van der Waals surface area (Å²) < 4.78 is 0. The molecule has 1 amide bonds. The number of amides is 1. The number of nitrogens with zero attached hydrogens (tertiary/aromatic N) is 1. The highest BCUT2D eigenvalue weighted by atomic mass is 16.2. The molecular weight excluding hydrogens is 272 g/mol. The Morgan fingerprint density at radius 2 is 1.77 bits per heavy atom. The van der Waals surface area contributed by atoms with Crippen LogP contribution in [0.25, 0.3) is 10.8 Å². The summed E-state index contributed by atoms with van der Waals surface area (Å²) in [5.41, 5.74) is 6.88. The Bertz CT molecular complexity index is 659. The van der Waals surface area contributed by atoms with Crippen molar-refractivity contribution in [3.05, 3.63) is 42.5 Å². The van der Waals surface area contributed by atoms with Crippen LogP contribution in [0.1, 0.15) is 39.0 Å². The Morgan fingerprint density at radius 1 is 1.09 bits per heavy atom. The fourth-order valence-electron chi connectivity index (χ4n) is 3.40. The topological polar surface area (TPSA) is 46.3 Å². The van der Waals surface area contributed by atoms with Crippen molar-refractivity contribution in [3.8, 4) is 0 Å². The number of nitrogens with two attached hydrogens (primary N) is 1. The second kappa shape index (κ2) is 6.49. The van der Waals surface area contributed by atoms with Gasteiger partial charge in [-0.05, 0) is 42.7 Å². The smallest absolute Gasteiger partial charge is 0.243 e. The van der Waals surface area contributed by atoms with Gasteiger partial charge in [-0.1, -0.05) is 49.6 Å². The first-order chi connectivity index (χ1) is 10.7. The number of fused-ring (bicyclic) bond motifs is 1. The van der Waals surface area contributed by atoms with Crippen molar-refractivity contribution in [3.63, 3.8) is 0 Å². The lowest BCUT2D eigenvalue weighted by Crippen LogP contribution is -2.48. The Hall–Kier alpha value is -1.87. The monoisotopic (exact) mass is 296 g/mol. The van der Waals surface area contributed by atoms with Gasteiger partial charge in [0.2, 0.25) is 5.91 Å². The molecule has 2 N–H and O–H groups in total. The van der Waals surface area contributed by atoms with Gasteiger partial charge in [-0.2, -0.15) is 0 Å². The van der Waals surface area contributed by atoms with E-state index in [1.807, 2.05) is 17.0 Å². The van der Waals surface area contributed by atoms with Crippen LogP contribution in [0.2, 0.25) is 0 Å². The van der Waals surface area contributed by atoms with Crippen LogP contribution in [0.4, 0.5) is 5.69 Å². The Labute approximate surface area is 132 Å². The van der Waals surface area contributed by atoms with Gasteiger partial charge in [0.05, 0.1) is 6.04 Å². The third-order valence-corrected chi connectivity index (χ3v) is 4.58. The average Bonchev–Trinajstić information content (AvgIpc) is 2.56. The van der Waals surface area contributed by atoms with Gasteiger partial charge in [0.15, 0.2) is 0 Å². The third-order valence-electron chi connectivity index (χ3n) is 4.58. The number of rotatable bonds is 3. The highest BCUT2D eigenvalue weighted by Crippen LogP contribution is 2.30. The number of carbonyl (C=O) groups is 1. The lowest BCUT2D eigenvalue weighted by atomic mass is 9.93. The van der Waals surface area contributed by atoms with Gasteiger partial charge in [-0.3, -0.25) is 4.79 Å². The Morgan fingerprint density at radius 3 is 2.45 bits per heavy atom. The molecule has 2 aromatic carbocycles. The van der Waals surface area contributed by atoms with Crippen LogP contribution in [0, 0.1) is 0 Å². The zero-order chi connectivity index (χ0) is 15.5. The van der Waals surface area contributed by atoms with Crippen LogP contribution in [0.15, 0.2) is 42.5 Å². The Kier molecular flexibility index (Phi) is 4.44. The summed E-state index contributed by atoms with van der Waals surface area (Å²) in [6.45, 7) is 1.78. The maximum atomic E-state index is 12.7. The van der Waals surface area contributed by atoms with Crippen LogP contribution in [-0.2, 0) is 4.79 Å². The fraction of sp³-hybridized carbons (Fsp3) is 0.421. The van der Waals surface area contributed by atoms with Crippen molar-refractivity contribution in [1.29, 1.82) is 0 Å². The molecular formula is C19H24N2O. The lowest BCUT2D eigenvalue weighted by Gasteiger charge is -2.35. The van der Waals surface area contributed by atoms with E-state index >= 15 is 0 Å². The molecule has 1 aliphatic carbocycles. The average molecular weight is 296 g/mol. The molecule has 3 rings (SSSR count). The predicted molar refractivity (Wildman–Crippen MR) is 92.0 cm³/mol. The molecule has 116 valence electrons. The maximum absolute atomic E-state index is 12.7. The minimum Gasteiger partial charge on any atom is -0.320 e. The molecule has 1 aliphatic rings. The van der Waals surface area contributed by atoms with Crippen LogP contribution in [-0.4, -0.2) is 18.0 Å². The molecule has 2 aromatic rings. The molecule has 3 heteroatoms. The van der Waals surface area contributed by atoms with Crippen molar-refractivity contribution < 1.29 is 4.79 Å². The van der Waals surface area contributed by atoms with E-state index in [2.05, 4.69) is 30.3 Å². The molecule has 1 atom stereocenters. The zero-order valence-electron chi connectivity index (χ0n) is 13.2. The molecule has 0 saturated heterocycles. The van der Waals surface area contributed by atoms with E-state index in [1.165, 1.54) is 30.0 Å². The van der Waals surface area contributed by atoms with Gasteiger partial charge in [-0.25, -0.2) is 0 Å². The largest absolute Gasteiger partial charge is 0.320 e. The van der Waals surface area contributed by atoms with Gasteiger partial charge >= 0.3 is 0 Å². The van der Waals surface area contributed by atoms with Crippen molar-refractivity contribution in [2.24, 2.45) is 5.73 Å². The standard InChI is InChI=1S/C19H24N2O/c1-14(20)19(22)21(17-9-3-2-4-10-17)18-12-11-15-7-5-6-8-16(15)13-18/h5-8,11-14,17H,2-4,9-10,20H2,1H3/t14-/m1/s1. The quantitative estimate of drug-likeness (QED) is 0.935. The molecule has 0 aromatic heterocycles. The highest BCUT2D eigenvalue weighted by molar-refractivity contribution is 5.99. The summed E-state index contributed by atoms with van der Waals surface area (Å²) in [6.07, 6.45) is 5.81. The first kappa shape index (κ1) is 15.0. The summed E-state index contributed by atoms with van der Waals surface area (Å²) in [7, 11) is 0. The zero-order valence-corrected chi connectivity index (χ0v) is 13.2. The number of hydrogen-bond donors (Lipinski definition) is 1. The van der Waals surface area contributed by atoms with E-state index in [1.54, 1.807) is 6.92 Å². The van der Waals surface area contributed by atoms with Gasteiger partial charge in [0.25, 0.3) is 0 Å². The molecule has 0 unspecified atom stereocenters. The molecule has 0 aliphatic heterocycles. The van der Waals surface area contributed by atoms with E-state index in [9.17, 15) is 4.79 Å². The molecule has 0 heterocycles. The molecule has 3 nitrogen and oxygen atoms in total. The second-order valence-corrected chi connectivity index (χ2v) is 6.32. The van der Waals surface area contributed by atoms with Crippen LogP contribution < -0.4 is 10.6 Å². The van der Waals surface area contributed by atoms with E-state index in [0.29, 0.717) is 0 Å². The van der Waals surface area contributed by atoms with Gasteiger partial charge in [-0.15, -0.1) is 0 Å². The minimum absolute atomic E-state index is 0.0298. The van der Waals surface area contributed by atoms with Gasteiger partial charge in [0.1, 0.15) is 0 Å². The first-order valence-corrected chi connectivity index (χ1v) is 8.24. The van der Waals surface area contributed by atoms with E-state index in [0.717, 1.165) is 18.5 Å². The van der Waals surface area contributed by atoms with E-state index in [4.69, 9.17) is 5.73 Å². The van der Waals surface area contributed by atoms with Crippen LogP contribution >= 0.6 is 0 Å². The summed E-state index contributed by atoms with van der Waals surface area (Å²) in [5, 5.41) is 2.36. The van der Waals surface area contributed by atoms with E-state index < -0.39 is 6.04 Å². The minimum atomic E-state index is -0.464. The van der Waals surface area contributed by atoms with Crippen molar-refractivity contribution in [2.75, 3.05) is 4.90 Å². The predicted octanol–water partition coefficient (Wildman–Crippen LogP) is 3.85. The molecule has 0 radical (unpaired) electrons. The molecule has 0 spiro atoms. The van der Waals surface area contributed by atoms with Crippen LogP contribution in [0.3, 0.4) is 0 Å². The summed E-state index contributed by atoms with van der Waals surface area (Å²) >= 11 is 0. The molecule has 22 heavy (non-hydrogen) atoms.